The predicted octanol–water partition coefficient (Wildman–Crippen LogP) is -0.165. The second-order valence-corrected chi connectivity index (χ2v) is 4.00. The molecule has 1 atom stereocenters. The van der Waals surface area contributed by atoms with Crippen LogP contribution in [-0.2, 0) is 4.79 Å². The third-order valence-corrected chi connectivity index (χ3v) is 2.76. The lowest BCUT2D eigenvalue weighted by molar-refractivity contribution is 0.0698. The molecule has 0 aromatic rings. The molecule has 0 radical (unpaired) electrons. The van der Waals surface area contributed by atoms with Gasteiger partial charge in [-0.25, -0.2) is 9.59 Å². The standard InChI is InChI=1S/C9H15N3O3/c1-9(2)7(14)3-4-12(9)8(15)11-5-10-6-13/h7,14H,3-5H2,1-2H3,(H,11,15). The van der Waals surface area contributed by atoms with E-state index in [4.69, 9.17) is 0 Å². The maximum Gasteiger partial charge on any atom is 0.319 e. The molecule has 2 N–H and O–H groups in total. The van der Waals surface area contributed by atoms with Crippen molar-refractivity contribution >= 4 is 12.1 Å². The summed E-state index contributed by atoms with van der Waals surface area (Å²) in [5.74, 6) is 0. The number of amides is 2. The van der Waals surface area contributed by atoms with Crippen molar-refractivity contribution in [1.29, 1.82) is 0 Å². The third kappa shape index (κ3) is 2.34. The first-order chi connectivity index (χ1) is 7.00. The Bertz CT molecular complexity index is 297. The molecule has 0 saturated carbocycles. The van der Waals surface area contributed by atoms with Crippen molar-refractivity contribution in [3.8, 4) is 0 Å². The lowest BCUT2D eigenvalue weighted by Gasteiger charge is -2.33. The SMILES string of the molecule is CC1(C)C(O)CCN1C(=O)NCN=C=O. The van der Waals surface area contributed by atoms with Crippen LogP contribution in [0.15, 0.2) is 4.99 Å². The zero-order valence-corrected chi connectivity index (χ0v) is 8.86. The summed E-state index contributed by atoms with van der Waals surface area (Å²) in [5, 5.41) is 12.1. The van der Waals surface area contributed by atoms with E-state index in [1.54, 1.807) is 13.8 Å². The van der Waals surface area contributed by atoms with E-state index in [9.17, 15) is 14.7 Å². The van der Waals surface area contributed by atoms with Gasteiger partial charge in [0.2, 0.25) is 6.08 Å². The number of rotatable bonds is 2. The Morgan fingerprint density at radius 3 is 2.87 bits per heavy atom. The zero-order chi connectivity index (χ0) is 11.5. The van der Waals surface area contributed by atoms with Crippen LogP contribution in [0.3, 0.4) is 0 Å². The van der Waals surface area contributed by atoms with Gasteiger partial charge in [0.15, 0.2) is 0 Å². The highest BCUT2D eigenvalue weighted by Crippen LogP contribution is 2.28. The minimum atomic E-state index is -0.574. The van der Waals surface area contributed by atoms with Gasteiger partial charge in [-0.05, 0) is 20.3 Å². The van der Waals surface area contributed by atoms with E-state index < -0.39 is 11.6 Å². The predicted molar refractivity (Wildman–Crippen MR) is 52.9 cm³/mol. The quantitative estimate of drug-likeness (QED) is 0.493. The fourth-order valence-electron chi connectivity index (χ4n) is 1.67. The highest BCUT2D eigenvalue weighted by atomic mass is 16.3. The Kier molecular flexibility index (Phi) is 3.44. The van der Waals surface area contributed by atoms with Crippen molar-refractivity contribution in [3.63, 3.8) is 0 Å². The van der Waals surface area contributed by atoms with E-state index in [0.717, 1.165) is 0 Å². The molecule has 1 fully saturated rings. The smallest absolute Gasteiger partial charge is 0.319 e. The van der Waals surface area contributed by atoms with E-state index in [2.05, 4.69) is 10.3 Å². The molecule has 84 valence electrons. The van der Waals surface area contributed by atoms with Crippen molar-refractivity contribution in [3.05, 3.63) is 0 Å². The van der Waals surface area contributed by atoms with Crippen LogP contribution in [0.2, 0.25) is 0 Å². The van der Waals surface area contributed by atoms with Crippen LogP contribution in [0, 0.1) is 0 Å². The van der Waals surface area contributed by atoms with E-state index >= 15 is 0 Å². The number of nitrogens with one attached hydrogen (secondary N) is 1. The van der Waals surface area contributed by atoms with Crippen molar-refractivity contribution in [1.82, 2.24) is 10.2 Å². The van der Waals surface area contributed by atoms with Crippen molar-refractivity contribution < 1.29 is 14.7 Å². The maximum absolute atomic E-state index is 11.6. The third-order valence-electron chi connectivity index (χ3n) is 2.76. The summed E-state index contributed by atoms with van der Waals surface area (Å²) in [5.41, 5.74) is -0.574. The summed E-state index contributed by atoms with van der Waals surface area (Å²) in [6.45, 7) is 4.02. The van der Waals surface area contributed by atoms with Gasteiger partial charge < -0.3 is 15.3 Å². The Morgan fingerprint density at radius 2 is 2.40 bits per heavy atom. The highest BCUT2D eigenvalue weighted by Gasteiger charge is 2.42. The van der Waals surface area contributed by atoms with Crippen LogP contribution in [0.5, 0.6) is 0 Å². The minimum absolute atomic E-state index is 0.0784. The zero-order valence-electron chi connectivity index (χ0n) is 8.86. The van der Waals surface area contributed by atoms with Crippen LogP contribution in [0.4, 0.5) is 4.79 Å². The molecule has 1 aliphatic heterocycles. The van der Waals surface area contributed by atoms with E-state index in [1.165, 1.54) is 11.0 Å². The van der Waals surface area contributed by atoms with Gasteiger partial charge in [0.1, 0.15) is 6.67 Å². The normalized spacial score (nSPS) is 23.4. The monoisotopic (exact) mass is 213 g/mol. The molecule has 0 aromatic heterocycles. The molecule has 6 heteroatoms. The lowest BCUT2D eigenvalue weighted by atomic mass is 9.99. The molecule has 1 unspecified atom stereocenters. The second kappa shape index (κ2) is 4.42. The number of urea groups is 1. The molecule has 0 bridgehead atoms. The number of carbonyl (C=O) groups is 1. The molecular formula is C9H15N3O3. The van der Waals surface area contributed by atoms with Crippen molar-refractivity contribution in [2.75, 3.05) is 13.2 Å². The lowest BCUT2D eigenvalue weighted by Crippen LogP contribution is -2.51. The van der Waals surface area contributed by atoms with Gasteiger partial charge in [0, 0.05) is 6.54 Å². The Labute approximate surface area is 88.0 Å². The number of nitrogens with zero attached hydrogens (tertiary/aromatic N) is 2. The van der Waals surface area contributed by atoms with Crippen LogP contribution >= 0.6 is 0 Å². The van der Waals surface area contributed by atoms with Gasteiger partial charge in [-0.15, -0.1) is 0 Å². The number of hydrogen-bond acceptors (Lipinski definition) is 4. The summed E-state index contributed by atoms with van der Waals surface area (Å²) < 4.78 is 0. The first kappa shape index (κ1) is 11.7. The van der Waals surface area contributed by atoms with Crippen molar-refractivity contribution in [2.24, 2.45) is 4.99 Å². The number of carbonyl (C=O) groups excluding carboxylic acids is 2. The summed E-state index contributed by atoms with van der Waals surface area (Å²) in [6, 6.07) is -0.324. The van der Waals surface area contributed by atoms with Gasteiger partial charge in [-0.2, -0.15) is 4.99 Å². The molecule has 1 heterocycles. The number of isocyanates is 1. The van der Waals surface area contributed by atoms with Gasteiger partial charge in [-0.3, -0.25) is 0 Å². The molecule has 6 nitrogen and oxygen atoms in total. The topological polar surface area (TPSA) is 82.0 Å². The highest BCUT2D eigenvalue weighted by molar-refractivity contribution is 5.75. The van der Waals surface area contributed by atoms with Gasteiger partial charge in [0.05, 0.1) is 11.6 Å². The van der Waals surface area contributed by atoms with Crippen LogP contribution < -0.4 is 5.32 Å². The summed E-state index contributed by atoms with van der Waals surface area (Å²) in [4.78, 5) is 26.1. The molecule has 0 aliphatic carbocycles. The first-order valence-corrected chi connectivity index (χ1v) is 4.77. The molecule has 1 rings (SSSR count). The first-order valence-electron chi connectivity index (χ1n) is 4.77. The van der Waals surface area contributed by atoms with Crippen LogP contribution in [0.25, 0.3) is 0 Å². The summed E-state index contributed by atoms with van der Waals surface area (Å²) in [6.07, 6.45) is 1.39. The number of likely N-dealkylation sites (tertiary alicyclic amines) is 1. The molecular weight excluding hydrogens is 198 g/mol. The van der Waals surface area contributed by atoms with Crippen LogP contribution in [0.1, 0.15) is 20.3 Å². The molecule has 15 heavy (non-hydrogen) atoms. The Morgan fingerprint density at radius 1 is 1.73 bits per heavy atom. The number of hydrogen-bond donors (Lipinski definition) is 2. The van der Waals surface area contributed by atoms with E-state index in [1.807, 2.05) is 0 Å². The average Bonchev–Trinajstić information content (AvgIpc) is 2.42. The summed E-state index contributed by atoms with van der Waals surface area (Å²) in [7, 11) is 0. The van der Waals surface area contributed by atoms with E-state index in [-0.39, 0.29) is 12.7 Å². The largest absolute Gasteiger partial charge is 0.391 e. The van der Waals surface area contributed by atoms with Gasteiger partial charge in [0.25, 0.3) is 0 Å². The summed E-state index contributed by atoms with van der Waals surface area (Å²) >= 11 is 0. The molecule has 1 saturated heterocycles. The Hall–Kier alpha value is -1.39. The van der Waals surface area contributed by atoms with Gasteiger partial charge in [-0.1, -0.05) is 0 Å². The Balaban J connectivity index is 2.57. The minimum Gasteiger partial charge on any atom is -0.391 e. The molecule has 0 aromatic carbocycles. The number of aliphatic hydroxyl groups excluding tert-OH is 1. The number of aliphatic imine (C=N–C) groups is 1. The molecule has 1 aliphatic rings. The maximum atomic E-state index is 11.6. The second-order valence-electron chi connectivity index (χ2n) is 4.00. The van der Waals surface area contributed by atoms with Crippen LogP contribution in [-0.4, -0.2) is 47.0 Å². The van der Waals surface area contributed by atoms with E-state index in [0.29, 0.717) is 13.0 Å². The molecule has 2 amide bonds. The van der Waals surface area contributed by atoms with Gasteiger partial charge >= 0.3 is 6.03 Å². The fraction of sp³-hybridized carbons (Fsp3) is 0.778. The average molecular weight is 213 g/mol. The fourth-order valence-corrected chi connectivity index (χ4v) is 1.67. The number of aliphatic hydroxyl groups is 1. The van der Waals surface area contributed by atoms with Crippen molar-refractivity contribution in [2.45, 2.75) is 31.9 Å². The molecule has 0 spiro atoms.